The SMILES string of the molecule is CCC#CCN1CCC=C(CNC(=O)COC)C1. The number of carbonyl (C=O) groups excluding carboxylic acids is 1. The van der Waals surface area contributed by atoms with Crippen LogP contribution in [0, 0.1) is 11.8 Å². The first-order valence-electron chi connectivity index (χ1n) is 6.38. The number of hydrogen-bond donors (Lipinski definition) is 1. The predicted octanol–water partition coefficient (Wildman–Crippen LogP) is 0.794. The van der Waals surface area contributed by atoms with Crippen molar-refractivity contribution in [1.29, 1.82) is 0 Å². The Morgan fingerprint density at radius 3 is 3.11 bits per heavy atom. The number of methoxy groups -OCH3 is 1. The van der Waals surface area contributed by atoms with E-state index in [0.29, 0.717) is 6.54 Å². The lowest BCUT2D eigenvalue weighted by Crippen LogP contribution is -2.36. The Bertz CT molecular complexity index is 353. The topological polar surface area (TPSA) is 41.6 Å². The van der Waals surface area contributed by atoms with Gasteiger partial charge in [0.15, 0.2) is 0 Å². The van der Waals surface area contributed by atoms with Crippen molar-refractivity contribution in [1.82, 2.24) is 10.2 Å². The molecule has 0 spiro atoms. The molecule has 0 aromatic rings. The van der Waals surface area contributed by atoms with Crippen molar-refractivity contribution in [3.05, 3.63) is 11.6 Å². The summed E-state index contributed by atoms with van der Waals surface area (Å²) in [6, 6.07) is 0. The zero-order valence-electron chi connectivity index (χ0n) is 11.3. The van der Waals surface area contributed by atoms with Crippen LogP contribution in [0.25, 0.3) is 0 Å². The normalized spacial score (nSPS) is 15.6. The van der Waals surface area contributed by atoms with Crippen molar-refractivity contribution < 1.29 is 9.53 Å². The van der Waals surface area contributed by atoms with E-state index in [9.17, 15) is 4.79 Å². The number of nitrogens with zero attached hydrogens (tertiary/aromatic N) is 1. The third kappa shape index (κ3) is 5.85. The van der Waals surface area contributed by atoms with Crippen molar-refractivity contribution in [3.8, 4) is 11.8 Å². The van der Waals surface area contributed by atoms with E-state index in [1.54, 1.807) is 0 Å². The van der Waals surface area contributed by atoms with E-state index in [4.69, 9.17) is 4.74 Å². The van der Waals surface area contributed by atoms with E-state index < -0.39 is 0 Å². The molecule has 0 saturated carbocycles. The highest BCUT2D eigenvalue weighted by molar-refractivity contribution is 5.77. The largest absolute Gasteiger partial charge is 0.375 e. The van der Waals surface area contributed by atoms with Gasteiger partial charge in [0.2, 0.25) is 5.91 Å². The fourth-order valence-corrected chi connectivity index (χ4v) is 1.83. The predicted molar refractivity (Wildman–Crippen MR) is 72.1 cm³/mol. The van der Waals surface area contributed by atoms with Gasteiger partial charge in [-0.1, -0.05) is 18.9 Å². The minimum atomic E-state index is -0.0682. The summed E-state index contributed by atoms with van der Waals surface area (Å²) in [4.78, 5) is 13.6. The first-order valence-corrected chi connectivity index (χ1v) is 6.38. The monoisotopic (exact) mass is 250 g/mol. The number of hydrogen-bond acceptors (Lipinski definition) is 3. The third-order valence-corrected chi connectivity index (χ3v) is 2.70. The highest BCUT2D eigenvalue weighted by Gasteiger charge is 2.11. The molecular weight excluding hydrogens is 228 g/mol. The van der Waals surface area contributed by atoms with Gasteiger partial charge in [-0.3, -0.25) is 9.69 Å². The van der Waals surface area contributed by atoms with Gasteiger partial charge in [-0.15, -0.1) is 5.92 Å². The maximum absolute atomic E-state index is 11.3. The number of rotatable bonds is 5. The number of nitrogens with one attached hydrogen (secondary N) is 1. The van der Waals surface area contributed by atoms with Gasteiger partial charge in [0, 0.05) is 33.2 Å². The molecule has 0 bridgehead atoms. The molecule has 4 nitrogen and oxygen atoms in total. The second-order valence-electron chi connectivity index (χ2n) is 4.28. The summed E-state index contributed by atoms with van der Waals surface area (Å²) in [6.45, 7) is 5.55. The number of amides is 1. The smallest absolute Gasteiger partial charge is 0.246 e. The second kappa shape index (κ2) is 8.73. The van der Waals surface area contributed by atoms with Crippen LogP contribution < -0.4 is 5.32 Å². The Morgan fingerprint density at radius 2 is 2.39 bits per heavy atom. The van der Waals surface area contributed by atoms with Crippen LogP contribution in [0.1, 0.15) is 19.8 Å². The lowest BCUT2D eigenvalue weighted by Gasteiger charge is -2.25. The van der Waals surface area contributed by atoms with Crippen LogP contribution in [0.3, 0.4) is 0 Å². The van der Waals surface area contributed by atoms with Gasteiger partial charge in [0.05, 0.1) is 6.54 Å². The van der Waals surface area contributed by atoms with Gasteiger partial charge in [-0.25, -0.2) is 0 Å². The summed E-state index contributed by atoms with van der Waals surface area (Å²) >= 11 is 0. The molecule has 4 heteroatoms. The van der Waals surface area contributed by atoms with Gasteiger partial charge in [-0.2, -0.15) is 0 Å². The van der Waals surface area contributed by atoms with E-state index in [-0.39, 0.29) is 12.5 Å². The summed E-state index contributed by atoms with van der Waals surface area (Å²) in [5.41, 5.74) is 1.25. The van der Waals surface area contributed by atoms with Gasteiger partial charge < -0.3 is 10.1 Å². The molecule has 0 unspecified atom stereocenters. The van der Waals surface area contributed by atoms with E-state index in [1.807, 2.05) is 0 Å². The molecule has 100 valence electrons. The fraction of sp³-hybridized carbons (Fsp3) is 0.643. The van der Waals surface area contributed by atoms with E-state index in [2.05, 4.69) is 35.1 Å². The molecule has 1 heterocycles. The van der Waals surface area contributed by atoms with Gasteiger partial charge in [0.1, 0.15) is 6.61 Å². The maximum Gasteiger partial charge on any atom is 0.246 e. The minimum absolute atomic E-state index is 0.0682. The Morgan fingerprint density at radius 1 is 1.56 bits per heavy atom. The van der Waals surface area contributed by atoms with Crippen molar-refractivity contribution in [2.24, 2.45) is 0 Å². The lowest BCUT2D eigenvalue weighted by molar-refractivity contribution is -0.124. The Hall–Kier alpha value is -1.31. The zero-order chi connectivity index (χ0) is 13.2. The van der Waals surface area contributed by atoms with Gasteiger partial charge >= 0.3 is 0 Å². The first kappa shape index (κ1) is 14.7. The van der Waals surface area contributed by atoms with E-state index >= 15 is 0 Å². The van der Waals surface area contributed by atoms with Crippen molar-refractivity contribution in [3.63, 3.8) is 0 Å². The zero-order valence-corrected chi connectivity index (χ0v) is 11.3. The summed E-state index contributed by atoms with van der Waals surface area (Å²) < 4.78 is 4.77. The molecule has 0 saturated heterocycles. The van der Waals surface area contributed by atoms with Crippen LogP contribution in [0.5, 0.6) is 0 Å². The van der Waals surface area contributed by atoms with Crippen LogP contribution in [-0.4, -0.2) is 50.7 Å². The Kier molecular flexibility index (Phi) is 7.16. The molecule has 0 atom stereocenters. The van der Waals surface area contributed by atoms with E-state index in [1.165, 1.54) is 12.7 Å². The molecule has 1 amide bonds. The molecular formula is C14H22N2O2. The molecule has 1 aliphatic rings. The van der Waals surface area contributed by atoms with Crippen LogP contribution in [0.4, 0.5) is 0 Å². The second-order valence-corrected chi connectivity index (χ2v) is 4.28. The Labute approximate surface area is 109 Å². The average Bonchev–Trinajstić information content (AvgIpc) is 2.38. The summed E-state index contributed by atoms with van der Waals surface area (Å²) in [5, 5.41) is 2.85. The summed E-state index contributed by atoms with van der Waals surface area (Å²) in [7, 11) is 1.52. The third-order valence-electron chi connectivity index (χ3n) is 2.70. The minimum Gasteiger partial charge on any atom is -0.375 e. The number of carbonyl (C=O) groups is 1. The fourth-order valence-electron chi connectivity index (χ4n) is 1.83. The standard InChI is InChI=1S/C14H22N2O2/c1-3-4-5-8-16-9-6-7-13(11-16)10-15-14(17)12-18-2/h7H,3,6,8-12H2,1-2H3,(H,15,17). The van der Waals surface area contributed by atoms with Crippen molar-refractivity contribution >= 4 is 5.91 Å². The van der Waals surface area contributed by atoms with Gasteiger partial charge in [-0.05, 0) is 12.0 Å². The molecule has 18 heavy (non-hydrogen) atoms. The van der Waals surface area contributed by atoms with Crippen LogP contribution in [0.15, 0.2) is 11.6 Å². The molecule has 1 rings (SSSR count). The van der Waals surface area contributed by atoms with Crippen LogP contribution >= 0.6 is 0 Å². The Balaban J connectivity index is 2.30. The molecule has 0 aromatic heterocycles. The quantitative estimate of drug-likeness (QED) is 0.579. The lowest BCUT2D eigenvalue weighted by atomic mass is 10.1. The van der Waals surface area contributed by atoms with Crippen molar-refractivity contribution in [2.45, 2.75) is 19.8 Å². The van der Waals surface area contributed by atoms with Gasteiger partial charge in [0.25, 0.3) is 0 Å². The molecule has 1 N–H and O–H groups in total. The molecule has 1 aliphatic heterocycles. The van der Waals surface area contributed by atoms with Crippen LogP contribution in [-0.2, 0) is 9.53 Å². The number of ether oxygens (including phenoxy) is 1. The molecule has 0 aromatic carbocycles. The highest BCUT2D eigenvalue weighted by Crippen LogP contribution is 2.08. The highest BCUT2D eigenvalue weighted by atomic mass is 16.5. The molecule has 0 fully saturated rings. The maximum atomic E-state index is 11.3. The van der Waals surface area contributed by atoms with Crippen LogP contribution in [0.2, 0.25) is 0 Å². The van der Waals surface area contributed by atoms with Crippen molar-refractivity contribution in [2.75, 3.05) is 39.9 Å². The first-order chi connectivity index (χ1) is 8.76. The summed E-state index contributed by atoms with van der Waals surface area (Å²) in [5.74, 6) is 6.16. The average molecular weight is 250 g/mol. The molecule has 0 aliphatic carbocycles. The summed E-state index contributed by atoms with van der Waals surface area (Å²) in [6.07, 6.45) is 4.14. The van der Waals surface area contributed by atoms with E-state index in [0.717, 1.165) is 32.5 Å². The molecule has 0 radical (unpaired) electrons.